The Labute approximate surface area is 192 Å². The standard InChI is InChI=1S/C25H27N5O2.3H2/c1-17-23(24(31)27-20-7-5-4-6-8-20)28-22(15-26-17)18-9-11-19(12-10-18)25(32)30-14-13-21(16-30)29(2)3;;;/h4-12,15,21H,13-14,16H2,1-3H3,(H,27,31);3*1H/t21-;;;/m1.../s1. The van der Waals surface area contributed by atoms with Gasteiger partial charge in [-0.3, -0.25) is 14.6 Å². The van der Waals surface area contributed by atoms with Gasteiger partial charge >= 0.3 is 0 Å². The van der Waals surface area contributed by atoms with E-state index in [1.54, 1.807) is 13.1 Å². The van der Waals surface area contributed by atoms with Crippen molar-refractivity contribution in [2.75, 3.05) is 32.5 Å². The maximum Gasteiger partial charge on any atom is 0.276 e. The fraction of sp³-hybridized carbons (Fsp3) is 0.280. The summed E-state index contributed by atoms with van der Waals surface area (Å²) in [7, 11) is 4.09. The Bertz CT molecular complexity index is 1130. The highest BCUT2D eigenvalue weighted by Crippen LogP contribution is 2.21. The highest BCUT2D eigenvalue weighted by Gasteiger charge is 2.28. The average Bonchev–Trinajstić information content (AvgIpc) is 3.30. The number of nitrogens with zero attached hydrogens (tertiary/aromatic N) is 4. The molecule has 1 N–H and O–H groups in total. The van der Waals surface area contributed by atoms with E-state index >= 15 is 0 Å². The van der Waals surface area contributed by atoms with Crippen LogP contribution in [-0.4, -0.2) is 64.8 Å². The average molecular weight is 436 g/mol. The van der Waals surface area contributed by atoms with Gasteiger partial charge in [0.2, 0.25) is 0 Å². The number of carbonyl (C=O) groups excluding carboxylic acids is 2. The van der Waals surface area contributed by atoms with Crippen molar-refractivity contribution in [3.63, 3.8) is 0 Å². The Morgan fingerprint density at radius 3 is 2.47 bits per heavy atom. The molecule has 1 fully saturated rings. The largest absolute Gasteiger partial charge is 0.337 e. The highest BCUT2D eigenvalue weighted by molar-refractivity contribution is 6.03. The van der Waals surface area contributed by atoms with Gasteiger partial charge in [0.05, 0.1) is 17.6 Å². The van der Waals surface area contributed by atoms with Gasteiger partial charge in [-0.05, 0) is 51.7 Å². The SMILES string of the molecule is Cc1ncc(-c2ccc(C(=O)N3CC[C@@H](N(C)C)C3)cc2)nc1C(=O)Nc1ccccc1.[HH].[HH].[HH]. The first-order valence-corrected chi connectivity index (χ1v) is 10.7. The van der Waals surface area contributed by atoms with E-state index in [-0.39, 0.29) is 21.8 Å². The fourth-order valence-electron chi connectivity index (χ4n) is 3.83. The molecule has 4 rings (SSSR count). The number of carbonyl (C=O) groups is 2. The van der Waals surface area contributed by atoms with Crippen LogP contribution in [-0.2, 0) is 0 Å². The highest BCUT2D eigenvalue weighted by atomic mass is 16.2. The molecule has 0 saturated carbocycles. The predicted octanol–water partition coefficient (Wildman–Crippen LogP) is 4.22. The van der Waals surface area contributed by atoms with Crippen molar-refractivity contribution in [1.29, 1.82) is 0 Å². The normalized spacial score (nSPS) is 15.8. The van der Waals surface area contributed by atoms with Crippen LogP contribution in [0.3, 0.4) is 0 Å². The maximum absolute atomic E-state index is 12.9. The number of likely N-dealkylation sites (tertiary alicyclic amines) is 1. The molecule has 1 atom stereocenters. The molecule has 7 nitrogen and oxygen atoms in total. The number of benzene rings is 2. The number of nitrogens with one attached hydrogen (secondary N) is 1. The lowest BCUT2D eigenvalue weighted by Gasteiger charge is -2.20. The van der Waals surface area contributed by atoms with Crippen LogP contribution >= 0.6 is 0 Å². The second-order valence-electron chi connectivity index (χ2n) is 8.24. The summed E-state index contributed by atoms with van der Waals surface area (Å²) in [6, 6.07) is 17.0. The van der Waals surface area contributed by atoms with E-state index in [9.17, 15) is 9.59 Å². The summed E-state index contributed by atoms with van der Waals surface area (Å²) in [4.78, 5) is 38.5. The first-order valence-electron chi connectivity index (χ1n) is 10.7. The Morgan fingerprint density at radius 2 is 1.81 bits per heavy atom. The smallest absolute Gasteiger partial charge is 0.276 e. The van der Waals surface area contributed by atoms with Gasteiger partial charge in [0, 0.05) is 40.2 Å². The number of likely N-dealkylation sites (N-methyl/N-ethyl adjacent to an activating group) is 1. The Balaban J connectivity index is 0.00000204. The van der Waals surface area contributed by atoms with Crippen LogP contribution in [0.2, 0.25) is 0 Å². The Kier molecular flexibility index (Phi) is 6.28. The molecule has 32 heavy (non-hydrogen) atoms. The minimum absolute atomic E-state index is 0. The van der Waals surface area contributed by atoms with E-state index < -0.39 is 0 Å². The van der Waals surface area contributed by atoms with Gasteiger partial charge in [0.1, 0.15) is 5.69 Å². The van der Waals surface area contributed by atoms with Gasteiger partial charge in [-0.25, -0.2) is 4.98 Å². The summed E-state index contributed by atoms with van der Waals surface area (Å²) in [6.07, 6.45) is 2.64. The van der Waals surface area contributed by atoms with Crippen molar-refractivity contribution in [3.05, 3.63) is 77.7 Å². The predicted molar refractivity (Wildman–Crippen MR) is 131 cm³/mol. The number of hydrogen-bond acceptors (Lipinski definition) is 5. The van der Waals surface area contributed by atoms with E-state index in [2.05, 4.69) is 20.2 Å². The van der Waals surface area contributed by atoms with E-state index in [1.807, 2.05) is 73.6 Å². The number of anilines is 1. The monoisotopic (exact) mass is 435 g/mol. The van der Waals surface area contributed by atoms with Crippen molar-refractivity contribution < 1.29 is 13.9 Å². The lowest BCUT2D eigenvalue weighted by Crippen LogP contribution is -2.34. The number of amides is 2. The molecule has 2 amide bonds. The summed E-state index contributed by atoms with van der Waals surface area (Å²) in [5, 5.41) is 2.85. The van der Waals surface area contributed by atoms with Gasteiger partial charge in [0.15, 0.2) is 0 Å². The first-order chi connectivity index (χ1) is 15.4. The second kappa shape index (κ2) is 9.28. The van der Waals surface area contributed by atoms with Gasteiger partial charge in [-0.1, -0.05) is 30.3 Å². The number of rotatable bonds is 5. The summed E-state index contributed by atoms with van der Waals surface area (Å²) >= 11 is 0. The third kappa shape index (κ3) is 4.68. The number of hydrogen-bond donors (Lipinski definition) is 1. The molecule has 0 radical (unpaired) electrons. The van der Waals surface area contributed by atoms with Crippen molar-refractivity contribution in [3.8, 4) is 11.3 Å². The molecule has 1 aliphatic rings. The van der Waals surface area contributed by atoms with Gasteiger partial charge < -0.3 is 15.1 Å². The van der Waals surface area contributed by atoms with Crippen LogP contribution in [0.5, 0.6) is 0 Å². The molecule has 1 aromatic heterocycles. The quantitative estimate of drug-likeness (QED) is 0.649. The third-order valence-electron chi connectivity index (χ3n) is 5.81. The molecule has 7 heteroatoms. The van der Waals surface area contributed by atoms with E-state index in [1.165, 1.54) is 0 Å². The number of aromatic nitrogens is 2. The van der Waals surface area contributed by atoms with Crippen LogP contribution in [0.25, 0.3) is 11.3 Å². The topological polar surface area (TPSA) is 78.4 Å². The summed E-state index contributed by atoms with van der Waals surface area (Å²) < 4.78 is 0. The van der Waals surface area contributed by atoms with Gasteiger partial charge in [-0.15, -0.1) is 0 Å². The molecule has 3 aromatic rings. The zero-order valence-corrected chi connectivity index (χ0v) is 18.6. The fourth-order valence-corrected chi connectivity index (χ4v) is 3.83. The van der Waals surface area contributed by atoms with Crippen molar-refractivity contribution >= 4 is 17.5 Å². The molecular weight excluding hydrogens is 402 g/mol. The second-order valence-corrected chi connectivity index (χ2v) is 8.24. The van der Waals surface area contributed by atoms with E-state index in [4.69, 9.17) is 0 Å². The molecule has 0 aliphatic carbocycles. The zero-order valence-electron chi connectivity index (χ0n) is 18.6. The van der Waals surface area contributed by atoms with Crippen LogP contribution in [0, 0.1) is 6.92 Å². The minimum Gasteiger partial charge on any atom is -0.337 e. The van der Waals surface area contributed by atoms with E-state index in [0.717, 1.165) is 25.1 Å². The van der Waals surface area contributed by atoms with Crippen molar-refractivity contribution in [1.82, 2.24) is 19.8 Å². The minimum atomic E-state index is -0.306. The molecule has 170 valence electrons. The zero-order chi connectivity index (χ0) is 22.7. The van der Waals surface area contributed by atoms with Gasteiger partial charge in [0.25, 0.3) is 11.8 Å². The molecular formula is C25H33N5O2. The van der Waals surface area contributed by atoms with E-state index in [0.29, 0.717) is 28.7 Å². The molecule has 0 bridgehead atoms. The molecule has 0 unspecified atom stereocenters. The molecule has 2 aromatic carbocycles. The van der Waals surface area contributed by atoms with Gasteiger partial charge in [-0.2, -0.15) is 0 Å². The summed E-state index contributed by atoms with van der Waals surface area (Å²) in [5.74, 6) is -0.266. The van der Waals surface area contributed by atoms with Crippen molar-refractivity contribution in [2.24, 2.45) is 0 Å². The maximum atomic E-state index is 12.9. The summed E-state index contributed by atoms with van der Waals surface area (Å²) in [6.45, 7) is 3.28. The Morgan fingerprint density at radius 1 is 1.09 bits per heavy atom. The van der Waals surface area contributed by atoms with Crippen LogP contribution in [0.4, 0.5) is 5.69 Å². The first kappa shape index (κ1) is 21.6. The molecule has 0 spiro atoms. The lowest BCUT2D eigenvalue weighted by molar-refractivity contribution is 0.0783. The van der Waals surface area contributed by atoms with Crippen molar-refractivity contribution in [2.45, 2.75) is 19.4 Å². The molecule has 1 saturated heterocycles. The third-order valence-corrected chi connectivity index (χ3v) is 5.81. The molecule has 2 heterocycles. The van der Waals surface area contributed by atoms with Crippen LogP contribution in [0.15, 0.2) is 60.8 Å². The lowest BCUT2D eigenvalue weighted by atomic mass is 10.1. The van der Waals surface area contributed by atoms with Crippen LogP contribution in [0.1, 0.15) is 37.2 Å². The number of aryl methyl sites for hydroxylation is 1. The summed E-state index contributed by atoms with van der Waals surface area (Å²) in [5.41, 5.74) is 3.56. The Hall–Kier alpha value is -3.58. The molecule has 1 aliphatic heterocycles. The van der Waals surface area contributed by atoms with Crippen LogP contribution < -0.4 is 5.32 Å². The number of para-hydroxylation sites is 1.